The Hall–Kier alpha value is -1.28. The van der Waals surface area contributed by atoms with Crippen LogP contribution in [-0.2, 0) is 0 Å². The highest BCUT2D eigenvalue weighted by Gasteiger charge is 1.98. The third-order valence-electron chi connectivity index (χ3n) is 3.21. The van der Waals surface area contributed by atoms with Gasteiger partial charge < -0.3 is 5.32 Å². The van der Waals surface area contributed by atoms with Gasteiger partial charge in [-0.3, -0.25) is 0 Å². The number of thiophene rings is 1. The van der Waals surface area contributed by atoms with Crippen LogP contribution in [0.5, 0.6) is 0 Å². The highest BCUT2D eigenvalue weighted by atomic mass is 32.1. The zero-order valence-corrected chi connectivity index (χ0v) is 12.7. The first-order valence-corrected chi connectivity index (χ1v) is 7.95. The molecule has 0 spiro atoms. The average molecular weight is 272 g/mol. The molecular formula is C17H22NS-. The maximum atomic E-state index is 4.66. The molecule has 0 unspecified atom stereocenters. The number of hydrogen-bond acceptors (Lipinski definition) is 1. The minimum Gasteiger partial charge on any atom is -0.676 e. The van der Waals surface area contributed by atoms with Crippen molar-refractivity contribution >= 4 is 16.3 Å². The van der Waals surface area contributed by atoms with Crippen LogP contribution in [0, 0.1) is 6.92 Å². The van der Waals surface area contributed by atoms with Crippen molar-refractivity contribution in [1.82, 2.24) is 0 Å². The molecule has 0 fully saturated rings. The van der Waals surface area contributed by atoms with Crippen molar-refractivity contribution in [3.8, 4) is 10.4 Å². The summed E-state index contributed by atoms with van der Waals surface area (Å²) in [6, 6.07) is 13.0. The monoisotopic (exact) mass is 272 g/mol. The smallest absolute Gasteiger partial charge is 0.0329 e. The summed E-state index contributed by atoms with van der Waals surface area (Å²) in [7, 11) is 0. The van der Waals surface area contributed by atoms with Crippen LogP contribution in [0.3, 0.4) is 0 Å². The van der Waals surface area contributed by atoms with Crippen LogP contribution < -0.4 is 0 Å². The normalized spacial score (nSPS) is 10.6. The highest BCUT2D eigenvalue weighted by molar-refractivity contribution is 7.19. The van der Waals surface area contributed by atoms with Gasteiger partial charge in [0, 0.05) is 4.88 Å². The Morgan fingerprint density at radius 3 is 2.47 bits per heavy atom. The molecule has 0 atom stereocenters. The number of unbranched alkanes of at least 4 members (excludes halogenated alkanes) is 3. The van der Waals surface area contributed by atoms with E-state index < -0.39 is 0 Å². The Bertz CT molecular complexity index is 484. The van der Waals surface area contributed by atoms with Gasteiger partial charge in [-0.2, -0.15) is 11.3 Å². The van der Waals surface area contributed by atoms with Crippen molar-refractivity contribution in [3.63, 3.8) is 0 Å². The number of aryl methyl sites for hydroxylation is 1. The molecule has 2 rings (SSSR count). The summed E-state index contributed by atoms with van der Waals surface area (Å²) in [6.07, 6.45) is 5.13. The van der Waals surface area contributed by atoms with Crippen molar-refractivity contribution in [3.05, 3.63) is 47.3 Å². The van der Waals surface area contributed by atoms with E-state index in [-0.39, 0.29) is 0 Å². The summed E-state index contributed by atoms with van der Waals surface area (Å²) in [6.45, 7) is 5.33. The second-order valence-corrected chi connectivity index (χ2v) is 6.01. The lowest BCUT2D eigenvalue weighted by Gasteiger charge is -2.17. The van der Waals surface area contributed by atoms with E-state index in [0.29, 0.717) is 0 Å². The predicted octanol–water partition coefficient (Wildman–Crippen LogP) is 6.31. The van der Waals surface area contributed by atoms with Crippen LogP contribution in [0.4, 0.5) is 5.00 Å². The fourth-order valence-electron chi connectivity index (χ4n) is 2.01. The molecule has 0 saturated heterocycles. The molecular weight excluding hydrogens is 250 g/mol. The van der Waals surface area contributed by atoms with Crippen molar-refractivity contribution < 1.29 is 0 Å². The molecule has 0 aliphatic rings. The molecule has 19 heavy (non-hydrogen) atoms. The molecule has 2 heteroatoms. The van der Waals surface area contributed by atoms with Gasteiger partial charge in [0.15, 0.2) is 0 Å². The summed E-state index contributed by atoms with van der Waals surface area (Å²) < 4.78 is 0. The molecule has 0 N–H and O–H groups in total. The van der Waals surface area contributed by atoms with Crippen molar-refractivity contribution in [2.24, 2.45) is 0 Å². The maximum absolute atomic E-state index is 4.66. The Labute approximate surface area is 120 Å². The number of benzene rings is 1. The Morgan fingerprint density at radius 2 is 1.74 bits per heavy atom. The summed E-state index contributed by atoms with van der Waals surface area (Å²) >= 11 is 1.79. The van der Waals surface area contributed by atoms with Gasteiger partial charge in [-0.05, 0) is 18.6 Å². The topological polar surface area (TPSA) is 14.1 Å². The van der Waals surface area contributed by atoms with E-state index in [1.807, 2.05) is 0 Å². The average Bonchev–Trinajstić information content (AvgIpc) is 2.88. The lowest BCUT2D eigenvalue weighted by molar-refractivity contribution is 0.691. The first-order valence-electron chi connectivity index (χ1n) is 7.14. The number of hydrogen-bond donors (Lipinski definition) is 0. The molecule has 0 saturated carbocycles. The summed E-state index contributed by atoms with van der Waals surface area (Å²) in [5.41, 5.74) is 2.60. The molecule has 0 aliphatic heterocycles. The lowest BCUT2D eigenvalue weighted by Crippen LogP contribution is -1.81. The summed E-state index contributed by atoms with van der Waals surface area (Å²) in [5.74, 6) is 0. The SMILES string of the molecule is CCCCCC[N-]c1ccc(-c2ccc(C)cc2)s1. The van der Waals surface area contributed by atoms with Gasteiger partial charge in [-0.25, -0.2) is 0 Å². The van der Waals surface area contributed by atoms with E-state index in [1.54, 1.807) is 11.3 Å². The van der Waals surface area contributed by atoms with Gasteiger partial charge in [0.1, 0.15) is 0 Å². The van der Waals surface area contributed by atoms with Crippen LogP contribution in [0.25, 0.3) is 15.8 Å². The van der Waals surface area contributed by atoms with Crippen LogP contribution in [-0.4, -0.2) is 6.54 Å². The van der Waals surface area contributed by atoms with Gasteiger partial charge in [-0.15, -0.1) is 6.54 Å². The number of rotatable bonds is 7. The van der Waals surface area contributed by atoms with E-state index in [1.165, 1.54) is 41.7 Å². The quantitative estimate of drug-likeness (QED) is 0.524. The third-order valence-corrected chi connectivity index (χ3v) is 4.27. The lowest BCUT2D eigenvalue weighted by atomic mass is 10.1. The van der Waals surface area contributed by atoms with E-state index >= 15 is 0 Å². The van der Waals surface area contributed by atoms with E-state index in [2.05, 4.69) is 55.6 Å². The molecule has 1 aromatic carbocycles. The molecule has 2 aromatic rings. The van der Waals surface area contributed by atoms with Gasteiger partial charge in [0.25, 0.3) is 0 Å². The van der Waals surface area contributed by atoms with Crippen molar-refractivity contribution in [2.45, 2.75) is 39.5 Å². The molecule has 0 radical (unpaired) electrons. The zero-order valence-electron chi connectivity index (χ0n) is 11.9. The predicted molar refractivity (Wildman–Crippen MR) is 86.5 cm³/mol. The highest BCUT2D eigenvalue weighted by Crippen LogP contribution is 2.35. The second-order valence-electron chi connectivity index (χ2n) is 4.95. The van der Waals surface area contributed by atoms with Crippen LogP contribution in [0.2, 0.25) is 0 Å². The first-order chi connectivity index (χ1) is 9.29. The minimum absolute atomic E-state index is 0.966. The second kappa shape index (κ2) is 7.34. The maximum Gasteiger partial charge on any atom is 0.0329 e. The minimum atomic E-state index is 0.966. The van der Waals surface area contributed by atoms with Gasteiger partial charge >= 0.3 is 0 Å². The first kappa shape index (κ1) is 14.1. The third kappa shape index (κ3) is 4.39. The summed E-state index contributed by atoms with van der Waals surface area (Å²) in [5, 5.41) is 5.82. The van der Waals surface area contributed by atoms with Gasteiger partial charge in [-0.1, -0.05) is 73.5 Å². The van der Waals surface area contributed by atoms with Gasteiger partial charge in [0.2, 0.25) is 0 Å². The van der Waals surface area contributed by atoms with Crippen LogP contribution in [0.15, 0.2) is 36.4 Å². The Morgan fingerprint density at radius 1 is 0.947 bits per heavy atom. The standard InChI is InChI=1S/C17H22NS/c1-3-4-5-6-13-18-17-12-11-16(19-17)15-9-7-14(2)8-10-15/h7-12H,3-6,13H2,1-2H3/q-1. The Balaban J connectivity index is 1.86. The fourth-order valence-corrected chi connectivity index (χ4v) is 2.92. The molecule has 1 nitrogen and oxygen atoms in total. The fraction of sp³-hybridized carbons (Fsp3) is 0.412. The van der Waals surface area contributed by atoms with Crippen molar-refractivity contribution in [2.75, 3.05) is 6.54 Å². The largest absolute Gasteiger partial charge is 0.676 e. The van der Waals surface area contributed by atoms with Crippen LogP contribution in [0.1, 0.15) is 38.2 Å². The molecule has 102 valence electrons. The van der Waals surface area contributed by atoms with Crippen molar-refractivity contribution in [1.29, 1.82) is 0 Å². The molecule has 1 aromatic heterocycles. The molecule has 0 aliphatic carbocycles. The van der Waals surface area contributed by atoms with Gasteiger partial charge in [0.05, 0.1) is 0 Å². The Kier molecular flexibility index (Phi) is 5.46. The molecule has 0 bridgehead atoms. The van der Waals surface area contributed by atoms with E-state index in [4.69, 9.17) is 0 Å². The molecule has 1 heterocycles. The van der Waals surface area contributed by atoms with E-state index in [9.17, 15) is 0 Å². The van der Waals surface area contributed by atoms with E-state index in [0.717, 1.165) is 11.5 Å². The van der Waals surface area contributed by atoms with Crippen LogP contribution >= 0.6 is 11.3 Å². The number of nitrogens with zero attached hydrogens (tertiary/aromatic N) is 1. The molecule has 0 amide bonds. The zero-order chi connectivity index (χ0) is 13.5. The summed E-state index contributed by atoms with van der Waals surface area (Å²) in [4.78, 5) is 1.31.